The minimum Gasteiger partial charge on any atom is -0.444 e. The van der Waals surface area contributed by atoms with Gasteiger partial charge < -0.3 is 20.2 Å². The van der Waals surface area contributed by atoms with Gasteiger partial charge in [-0.2, -0.15) is 0 Å². The molecule has 1 unspecified atom stereocenters. The Kier molecular flexibility index (Phi) is 5.78. The van der Waals surface area contributed by atoms with Crippen molar-refractivity contribution in [3.63, 3.8) is 0 Å². The topological polar surface area (TPSA) is 109 Å². The summed E-state index contributed by atoms with van der Waals surface area (Å²) in [5, 5.41) is 10.0. The zero-order valence-electron chi connectivity index (χ0n) is 15.2. The molecule has 2 fully saturated rings. The summed E-state index contributed by atoms with van der Waals surface area (Å²) in [6.07, 6.45) is 0.767. The van der Waals surface area contributed by atoms with Gasteiger partial charge in [0.25, 0.3) is 0 Å². The van der Waals surface area contributed by atoms with Gasteiger partial charge in [0.05, 0.1) is 24.1 Å². The van der Waals surface area contributed by atoms with Crippen LogP contribution < -0.4 is 5.32 Å². The number of amides is 1. The molecule has 2 saturated heterocycles. The summed E-state index contributed by atoms with van der Waals surface area (Å²) in [6, 6.07) is -0.150. The highest BCUT2D eigenvalue weighted by molar-refractivity contribution is 7.96. The first-order chi connectivity index (χ1) is 11.6. The summed E-state index contributed by atoms with van der Waals surface area (Å²) in [7, 11) is -3.68. The van der Waals surface area contributed by atoms with Gasteiger partial charge in [-0.15, -0.1) is 0 Å². The maximum Gasteiger partial charge on any atom is 0.410 e. The molecule has 2 heterocycles. The molecule has 25 heavy (non-hydrogen) atoms. The van der Waals surface area contributed by atoms with Crippen LogP contribution in [0.15, 0.2) is 10.6 Å². The Morgan fingerprint density at radius 3 is 2.64 bits per heavy atom. The van der Waals surface area contributed by atoms with Crippen LogP contribution >= 0.6 is 0 Å². The Morgan fingerprint density at radius 2 is 2.12 bits per heavy atom. The second-order valence-electron chi connectivity index (χ2n) is 7.36. The van der Waals surface area contributed by atoms with Crippen molar-refractivity contribution in [2.45, 2.75) is 51.0 Å². The lowest BCUT2D eigenvalue weighted by Gasteiger charge is -2.37. The van der Waals surface area contributed by atoms with Crippen molar-refractivity contribution < 1.29 is 22.7 Å². The van der Waals surface area contributed by atoms with Crippen molar-refractivity contribution in [2.24, 2.45) is 0 Å². The average Bonchev–Trinajstić information content (AvgIpc) is 3.02. The zero-order valence-corrected chi connectivity index (χ0v) is 16.0. The summed E-state index contributed by atoms with van der Waals surface area (Å²) < 4.78 is 36.2. The molecule has 2 rings (SSSR count). The number of piperazine rings is 1. The molecule has 0 aromatic carbocycles. The smallest absolute Gasteiger partial charge is 0.410 e. The highest BCUT2D eigenvalue weighted by atomic mass is 32.2. The Labute approximate surface area is 149 Å². The van der Waals surface area contributed by atoms with E-state index in [1.165, 1.54) is 4.90 Å². The van der Waals surface area contributed by atoms with Gasteiger partial charge in [-0.05, 0) is 34.1 Å². The third-order valence-electron chi connectivity index (χ3n) is 4.16. The van der Waals surface area contributed by atoms with Crippen LogP contribution in [0, 0.1) is 5.41 Å². The normalized spacial score (nSPS) is 26.8. The summed E-state index contributed by atoms with van der Waals surface area (Å²) in [5.74, 6) is 0. The largest absolute Gasteiger partial charge is 0.444 e. The number of carbonyl (C=O) groups is 1. The van der Waals surface area contributed by atoms with E-state index in [1.807, 2.05) is 6.92 Å². The van der Waals surface area contributed by atoms with E-state index in [1.54, 1.807) is 20.8 Å². The molecule has 9 heteroatoms. The molecule has 2 atom stereocenters. The molecule has 142 valence electrons. The Balaban J connectivity index is 2.28. The van der Waals surface area contributed by atoms with Gasteiger partial charge in [0.2, 0.25) is 0 Å². The van der Waals surface area contributed by atoms with Crippen molar-refractivity contribution in [3.8, 4) is 0 Å². The van der Waals surface area contributed by atoms with Crippen LogP contribution in [-0.4, -0.2) is 68.8 Å². The van der Waals surface area contributed by atoms with E-state index in [-0.39, 0.29) is 24.1 Å². The number of rotatable bonds is 3. The van der Waals surface area contributed by atoms with E-state index in [4.69, 9.17) is 14.9 Å². The van der Waals surface area contributed by atoms with Crippen LogP contribution in [0.1, 0.15) is 34.1 Å². The Morgan fingerprint density at radius 1 is 1.44 bits per heavy atom. The molecular weight excluding hydrogens is 346 g/mol. The Hall–Kier alpha value is -1.61. The number of nitrogens with zero attached hydrogens (tertiary/aromatic N) is 1. The predicted octanol–water partition coefficient (Wildman–Crippen LogP) is 1.28. The molecule has 1 amide bonds. The van der Waals surface area contributed by atoms with Crippen molar-refractivity contribution in [2.75, 3.05) is 26.3 Å². The number of ether oxygens (including phenoxy) is 2. The molecule has 0 aromatic heterocycles. The SMILES string of the molecule is C[C@H]1CN/C(=C(\C=N)S(=O)(=O)C2CCOC2)CN1C(=O)OC(C)(C)C. The summed E-state index contributed by atoms with van der Waals surface area (Å²) in [5.41, 5.74) is -0.283. The average molecular weight is 373 g/mol. The monoisotopic (exact) mass is 373 g/mol. The lowest BCUT2D eigenvalue weighted by atomic mass is 10.2. The number of carbonyl (C=O) groups excluding carboxylic acids is 1. The molecule has 0 bridgehead atoms. The molecule has 2 N–H and O–H groups in total. The molecule has 0 radical (unpaired) electrons. The quantitative estimate of drug-likeness (QED) is 0.722. The summed E-state index contributed by atoms with van der Waals surface area (Å²) >= 11 is 0. The molecule has 2 aliphatic heterocycles. The number of allylic oxidation sites excluding steroid dienone is 1. The number of nitrogens with one attached hydrogen (secondary N) is 2. The van der Waals surface area contributed by atoms with Crippen LogP contribution in [-0.2, 0) is 19.3 Å². The number of hydrogen-bond donors (Lipinski definition) is 2. The van der Waals surface area contributed by atoms with Crippen LogP contribution in [0.3, 0.4) is 0 Å². The summed E-state index contributed by atoms with van der Waals surface area (Å²) in [6.45, 7) is 8.19. The maximum absolute atomic E-state index is 12.8. The van der Waals surface area contributed by atoms with E-state index in [9.17, 15) is 13.2 Å². The fourth-order valence-corrected chi connectivity index (χ4v) is 4.46. The molecule has 0 spiro atoms. The van der Waals surface area contributed by atoms with E-state index < -0.39 is 26.8 Å². The molecule has 8 nitrogen and oxygen atoms in total. The fourth-order valence-electron chi connectivity index (χ4n) is 2.77. The zero-order chi connectivity index (χ0) is 18.8. The minimum atomic E-state index is -3.68. The maximum atomic E-state index is 12.8. The second kappa shape index (κ2) is 7.33. The fraction of sp³-hybridized carbons (Fsp3) is 0.750. The minimum absolute atomic E-state index is 0.0631. The Bertz CT molecular complexity index is 660. The van der Waals surface area contributed by atoms with Crippen molar-refractivity contribution in [3.05, 3.63) is 10.6 Å². The van der Waals surface area contributed by atoms with E-state index in [0.29, 0.717) is 25.3 Å². The standard InChI is InChI=1S/C16H27N3O5S/c1-11-8-18-13(9-19(11)15(20)24-16(2,3)4)14(7-17)25(21,22)12-5-6-23-10-12/h7,11-12,17-18H,5-6,8-10H2,1-4H3/b14-13+,17-7?/t11-,12?/m0/s1. The van der Waals surface area contributed by atoms with Crippen molar-refractivity contribution in [1.29, 1.82) is 5.41 Å². The highest BCUT2D eigenvalue weighted by Crippen LogP contribution is 2.24. The molecule has 0 saturated carbocycles. The van der Waals surface area contributed by atoms with Gasteiger partial charge in [-0.3, -0.25) is 4.90 Å². The van der Waals surface area contributed by atoms with E-state index in [0.717, 1.165) is 6.21 Å². The lowest BCUT2D eigenvalue weighted by Crippen LogP contribution is -2.53. The lowest BCUT2D eigenvalue weighted by molar-refractivity contribution is 0.0168. The van der Waals surface area contributed by atoms with Gasteiger partial charge in [-0.1, -0.05) is 0 Å². The van der Waals surface area contributed by atoms with Gasteiger partial charge in [0, 0.05) is 25.4 Å². The van der Waals surface area contributed by atoms with Crippen molar-refractivity contribution >= 4 is 22.1 Å². The van der Waals surface area contributed by atoms with Crippen LogP contribution in [0.4, 0.5) is 4.79 Å². The third kappa shape index (κ3) is 4.52. The predicted molar refractivity (Wildman–Crippen MR) is 94.4 cm³/mol. The van der Waals surface area contributed by atoms with Crippen LogP contribution in [0.25, 0.3) is 0 Å². The molecule has 0 aliphatic carbocycles. The number of hydrogen-bond acceptors (Lipinski definition) is 7. The third-order valence-corrected chi connectivity index (χ3v) is 6.39. The first-order valence-corrected chi connectivity index (χ1v) is 9.89. The van der Waals surface area contributed by atoms with Crippen LogP contribution in [0.2, 0.25) is 0 Å². The summed E-state index contributed by atoms with van der Waals surface area (Å²) in [4.78, 5) is 13.8. The molecule has 0 aromatic rings. The second-order valence-corrected chi connectivity index (χ2v) is 9.55. The van der Waals surface area contributed by atoms with Crippen LogP contribution in [0.5, 0.6) is 0 Å². The van der Waals surface area contributed by atoms with Gasteiger partial charge >= 0.3 is 6.09 Å². The van der Waals surface area contributed by atoms with E-state index >= 15 is 0 Å². The van der Waals surface area contributed by atoms with E-state index in [2.05, 4.69) is 5.32 Å². The molecule has 2 aliphatic rings. The first-order valence-electron chi connectivity index (χ1n) is 8.35. The number of sulfone groups is 1. The van der Waals surface area contributed by atoms with Gasteiger partial charge in [-0.25, -0.2) is 13.2 Å². The first kappa shape index (κ1) is 19.7. The van der Waals surface area contributed by atoms with Crippen molar-refractivity contribution in [1.82, 2.24) is 10.2 Å². The van der Waals surface area contributed by atoms with Gasteiger partial charge in [0.15, 0.2) is 9.84 Å². The van der Waals surface area contributed by atoms with Gasteiger partial charge in [0.1, 0.15) is 10.5 Å². The molecular formula is C16H27N3O5S. The highest BCUT2D eigenvalue weighted by Gasteiger charge is 2.37.